The van der Waals surface area contributed by atoms with Gasteiger partial charge in [0.1, 0.15) is 17.1 Å². The summed E-state index contributed by atoms with van der Waals surface area (Å²) in [6, 6.07) is 18.8. The molecule has 2 aromatic rings. The van der Waals surface area contributed by atoms with Crippen LogP contribution in [0.3, 0.4) is 0 Å². The van der Waals surface area contributed by atoms with Gasteiger partial charge in [-0.05, 0) is 28.9 Å². The molecule has 0 aromatic heterocycles. The predicted octanol–water partition coefficient (Wildman–Crippen LogP) is 2.94. The Bertz CT molecular complexity index is 1030. The number of carbonyl (C=O) groups excluding carboxylic acids is 2. The first-order valence-corrected chi connectivity index (χ1v) is 12.6. The highest BCUT2D eigenvalue weighted by Crippen LogP contribution is 2.41. The number of amides is 2. The summed E-state index contributed by atoms with van der Waals surface area (Å²) in [7, 11) is 0. The van der Waals surface area contributed by atoms with E-state index >= 15 is 0 Å². The van der Waals surface area contributed by atoms with Crippen molar-refractivity contribution in [1.29, 1.82) is 0 Å². The third-order valence-electron chi connectivity index (χ3n) is 5.43. The van der Waals surface area contributed by atoms with Crippen molar-refractivity contribution in [3.05, 3.63) is 83.1 Å². The fourth-order valence-electron chi connectivity index (χ4n) is 3.83. The lowest BCUT2D eigenvalue weighted by atomic mass is 10.0. The number of fused-ring (bicyclic) bond motifs is 1. The number of hydrogen-bond acceptors (Lipinski definition) is 5. The Morgan fingerprint density at radius 3 is 2.38 bits per heavy atom. The normalized spacial score (nSPS) is 19.9. The number of aliphatic carboxylic acids is 1. The van der Waals surface area contributed by atoms with E-state index in [1.807, 2.05) is 48.5 Å². The number of benzene rings is 2. The molecule has 1 fully saturated rings. The fourth-order valence-corrected chi connectivity index (χ4v) is 6.31. The second-order valence-corrected chi connectivity index (χ2v) is 9.87. The zero-order valence-electron chi connectivity index (χ0n) is 17.4. The Morgan fingerprint density at radius 2 is 1.72 bits per heavy atom. The third kappa shape index (κ3) is 5.02. The molecule has 6 nitrogen and oxygen atoms in total. The number of β-lactam (4-membered cyclic amide) rings is 1. The Labute approximate surface area is 195 Å². The maximum absolute atomic E-state index is 12.8. The summed E-state index contributed by atoms with van der Waals surface area (Å²) in [5.74, 6) is 0.311. The Kier molecular flexibility index (Phi) is 7.22. The molecule has 32 heavy (non-hydrogen) atoms. The van der Waals surface area contributed by atoms with Gasteiger partial charge in [-0.25, -0.2) is 4.79 Å². The van der Waals surface area contributed by atoms with Gasteiger partial charge in [-0.3, -0.25) is 14.5 Å². The van der Waals surface area contributed by atoms with Crippen LogP contribution in [0.5, 0.6) is 0 Å². The van der Waals surface area contributed by atoms with Crippen LogP contribution in [0.2, 0.25) is 0 Å². The van der Waals surface area contributed by atoms with Crippen molar-refractivity contribution in [2.75, 3.05) is 17.3 Å². The van der Waals surface area contributed by atoms with Crippen LogP contribution in [-0.4, -0.2) is 56.5 Å². The average molecular weight is 469 g/mol. The topological polar surface area (TPSA) is 86.7 Å². The first-order valence-electron chi connectivity index (χ1n) is 10.4. The molecule has 166 valence electrons. The highest BCUT2D eigenvalue weighted by atomic mass is 32.2. The van der Waals surface area contributed by atoms with Crippen LogP contribution in [0, 0.1) is 0 Å². The number of thioether (sulfide) groups is 2. The van der Waals surface area contributed by atoms with Gasteiger partial charge in [0.15, 0.2) is 0 Å². The first-order chi connectivity index (χ1) is 15.5. The van der Waals surface area contributed by atoms with Crippen LogP contribution in [0.25, 0.3) is 0 Å². The minimum absolute atomic E-state index is 0.0829. The zero-order valence-corrected chi connectivity index (χ0v) is 19.0. The minimum atomic E-state index is -1.09. The first kappa shape index (κ1) is 22.5. The lowest BCUT2D eigenvalue weighted by molar-refractivity contribution is -0.150. The molecule has 0 bridgehead atoms. The molecule has 4 rings (SSSR count). The van der Waals surface area contributed by atoms with Crippen molar-refractivity contribution < 1.29 is 19.5 Å². The minimum Gasteiger partial charge on any atom is -0.477 e. The third-order valence-corrected chi connectivity index (χ3v) is 7.81. The lowest BCUT2D eigenvalue weighted by Gasteiger charge is -2.49. The van der Waals surface area contributed by atoms with Crippen molar-refractivity contribution in [3.8, 4) is 0 Å². The van der Waals surface area contributed by atoms with Gasteiger partial charge >= 0.3 is 5.97 Å². The molecule has 0 spiro atoms. The van der Waals surface area contributed by atoms with E-state index in [2.05, 4.69) is 17.4 Å². The summed E-state index contributed by atoms with van der Waals surface area (Å²) < 4.78 is 0. The van der Waals surface area contributed by atoms with Crippen LogP contribution < -0.4 is 5.32 Å². The van der Waals surface area contributed by atoms with Gasteiger partial charge in [0, 0.05) is 11.5 Å². The molecular weight excluding hydrogens is 444 g/mol. The molecule has 2 amide bonds. The average Bonchev–Trinajstić information content (AvgIpc) is 2.81. The van der Waals surface area contributed by atoms with Gasteiger partial charge < -0.3 is 10.4 Å². The number of nitrogens with one attached hydrogen (secondary N) is 1. The van der Waals surface area contributed by atoms with E-state index in [1.165, 1.54) is 22.2 Å². The van der Waals surface area contributed by atoms with E-state index < -0.39 is 12.0 Å². The smallest absolute Gasteiger partial charge is 0.352 e. The SMILES string of the molecule is O=C(Cc1ccccc1)N[C@@H]1C(=O)N2C(C(=O)O)=C(CSCCc3ccccc3)CS[C@H]12. The monoisotopic (exact) mass is 468 g/mol. The summed E-state index contributed by atoms with van der Waals surface area (Å²) in [6.07, 6.45) is 1.10. The number of carboxylic acids is 1. The van der Waals surface area contributed by atoms with Crippen LogP contribution in [0.1, 0.15) is 11.1 Å². The summed E-state index contributed by atoms with van der Waals surface area (Å²) in [5, 5.41) is 12.2. The Morgan fingerprint density at radius 1 is 1.06 bits per heavy atom. The Balaban J connectivity index is 1.35. The van der Waals surface area contributed by atoms with Crippen LogP contribution in [0.4, 0.5) is 0 Å². The van der Waals surface area contributed by atoms with Gasteiger partial charge in [-0.15, -0.1) is 11.8 Å². The number of hydrogen-bond donors (Lipinski definition) is 2. The van der Waals surface area contributed by atoms with Crippen molar-refractivity contribution in [2.45, 2.75) is 24.3 Å². The van der Waals surface area contributed by atoms with Crippen molar-refractivity contribution >= 4 is 41.3 Å². The van der Waals surface area contributed by atoms with Gasteiger partial charge in [0.05, 0.1) is 6.42 Å². The fraction of sp³-hybridized carbons (Fsp3) is 0.292. The second-order valence-electron chi connectivity index (χ2n) is 7.66. The van der Waals surface area contributed by atoms with Crippen molar-refractivity contribution in [1.82, 2.24) is 10.2 Å². The highest BCUT2D eigenvalue weighted by molar-refractivity contribution is 8.01. The molecule has 2 aliphatic heterocycles. The summed E-state index contributed by atoms with van der Waals surface area (Å²) in [6.45, 7) is 0. The molecule has 0 aliphatic carbocycles. The van der Waals surface area contributed by atoms with E-state index in [-0.39, 0.29) is 29.3 Å². The molecule has 2 N–H and O–H groups in total. The second kappa shape index (κ2) is 10.3. The van der Waals surface area contributed by atoms with E-state index in [0.717, 1.165) is 23.3 Å². The number of rotatable bonds is 9. The van der Waals surface area contributed by atoms with Crippen molar-refractivity contribution in [2.24, 2.45) is 0 Å². The van der Waals surface area contributed by atoms with Gasteiger partial charge in [-0.1, -0.05) is 60.7 Å². The number of nitrogens with zero attached hydrogens (tertiary/aromatic N) is 1. The highest BCUT2D eigenvalue weighted by Gasteiger charge is 2.54. The van der Waals surface area contributed by atoms with Gasteiger partial charge in [0.25, 0.3) is 5.91 Å². The quantitative estimate of drug-likeness (QED) is 0.435. The van der Waals surface area contributed by atoms with Gasteiger partial charge in [0.2, 0.25) is 5.91 Å². The van der Waals surface area contributed by atoms with E-state index in [1.54, 1.807) is 11.8 Å². The molecule has 0 unspecified atom stereocenters. The molecule has 2 heterocycles. The molecule has 8 heteroatoms. The van der Waals surface area contributed by atoms with Gasteiger partial charge in [-0.2, -0.15) is 11.8 Å². The number of aryl methyl sites for hydroxylation is 1. The molecule has 2 atom stereocenters. The van der Waals surface area contributed by atoms with Crippen LogP contribution in [-0.2, 0) is 27.2 Å². The lowest BCUT2D eigenvalue weighted by Crippen LogP contribution is -2.70. The van der Waals surface area contributed by atoms with Crippen LogP contribution in [0.15, 0.2) is 71.9 Å². The predicted molar refractivity (Wildman–Crippen MR) is 127 cm³/mol. The molecule has 0 radical (unpaired) electrons. The molecule has 1 saturated heterocycles. The Hall–Kier alpha value is -2.71. The van der Waals surface area contributed by atoms with E-state index in [0.29, 0.717) is 11.5 Å². The maximum Gasteiger partial charge on any atom is 0.352 e. The van der Waals surface area contributed by atoms with Crippen molar-refractivity contribution in [3.63, 3.8) is 0 Å². The molecular formula is C24H24N2O4S2. The molecule has 0 saturated carbocycles. The molecule has 2 aliphatic rings. The summed E-state index contributed by atoms with van der Waals surface area (Å²) in [5.41, 5.74) is 2.96. The van der Waals surface area contributed by atoms with E-state index in [9.17, 15) is 19.5 Å². The van der Waals surface area contributed by atoms with Crippen LogP contribution >= 0.6 is 23.5 Å². The number of carbonyl (C=O) groups is 3. The summed E-state index contributed by atoms with van der Waals surface area (Å²) in [4.78, 5) is 38.4. The summed E-state index contributed by atoms with van der Waals surface area (Å²) >= 11 is 3.19. The van der Waals surface area contributed by atoms with E-state index in [4.69, 9.17) is 0 Å². The molecule has 2 aromatic carbocycles. The maximum atomic E-state index is 12.8. The number of carboxylic acid groups (broad SMARTS) is 1. The standard InChI is InChI=1S/C24H24N2O4S2/c27-19(13-17-9-5-2-6-10-17)25-20-22(28)26-21(24(29)30)18(15-32-23(20)26)14-31-12-11-16-7-3-1-4-8-16/h1-10,20,23H,11-15H2,(H,25,27)(H,29,30)/t20-,23-/m1/s1. The largest absolute Gasteiger partial charge is 0.477 e. The zero-order chi connectivity index (χ0) is 22.5.